The summed E-state index contributed by atoms with van der Waals surface area (Å²) in [7, 11) is 0. The number of nitrogens with zero attached hydrogens (tertiary/aromatic N) is 3. The van der Waals surface area contributed by atoms with Crippen molar-refractivity contribution < 1.29 is 18.7 Å². The zero-order valence-electron chi connectivity index (χ0n) is 17.6. The molecule has 0 atom stereocenters. The maximum Gasteiger partial charge on any atom is 0.270 e. The molecule has 0 radical (unpaired) electrons. The van der Waals surface area contributed by atoms with Crippen LogP contribution in [0.2, 0.25) is 5.02 Å². The van der Waals surface area contributed by atoms with Crippen LogP contribution in [0.5, 0.6) is 5.75 Å². The van der Waals surface area contributed by atoms with E-state index >= 15 is 0 Å². The first-order valence-corrected chi connectivity index (χ1v) is 10.7. The molecular formula is C23H25ClFN3O3. The summed E-state index contributed by atoms with van der Waals surface area (Å²) >= 11 is 6.12. The van der Waals surface area contributed by atoms with Gasteiger partial charge in [0.25, 0.3) is 5.91 Å². The largest absolute Gasteiger partial charge is 0.476 e. The number of anilines is 2. The number of benzene rings is 2. The number of halogens is 2. The van der Waals surface area contributed by atoms with Crippen LogP contribution in [-0.4, -0.2) is 55.0 Å². The lowest BCUT2D eigenvalue weighted by atomic mass is 10.0. The van der Waals surface area contributed by atoms with Crippen LogP contribution in [0.4, 0.5) is 15.8 Å². The predicted molar refractivity (Wildman–Crippen MR) is 118 cm³/mol. The molecule has 4 rings (SSSR count). The molecule has 31 heavy (non-hydrogen) atoms. The lowest BCUT2D eigenvalue weighted by molar-refractivity contribution is -0.133. The average molecular weight is 446 g/mol. The van der Waals surface area contributed by atoms with Gasteiger partial charge < -0.3 is 19.4 Å². The Morgan fingerprint density at radius 2 is 1.81 bits per heavy atom. The third-order valence-corrected chi connectivity index (χ3v) is 5.95. The maximum absolute atomic E-state index is 14.0. The molecule has 2 aliphatic heterocycles. The van der Waals surface area contributed by atoms with E-state index in [2.05, 4.69) is 0 Å². The van der Waals surface area contributed by atoms with Crippen LogP contribution in [0.3, 0.4) is 0 Å². The van der Waals surface area contributed by atoms with Crippen molar-refractivity contribution in [2.45, 2.75) is 25.9 Å². The van der Waals surface area contributed by atoms with Gasteiger partial charge in [0.2, 0.25) is 5.91 Å². The minimum absolute atomic E-state index is 0.0335. The lowest BCUT2D eigenvalue weighted by Crippen LogP contribution is -2.54. The molecule has 2 aromatic rings. The van der Waals surface area contributed by atoms with Gasteiger partial charge in [-0.25, -0.2) is 4.39 Å². The van der Waals surface area contributed by atoms with Gasteiger partial charge >= 0.3 is 0 Å². The Bertz CT molecular complexity index is 1010. The Hall–Kier alpha value is -2.80. The van der Waals surface area contributed by atoms with Crippen molar-refractivity contribution in [3.8, 4) is 5.75 Å². The number of hydrogen-bond acceptors (Lipinski definition) is 4. The third kappa shape index (κ3) is 4.32. The fourth-order valence-corrected chi connectivity index (χ4v) is 4.20. The number of rotatable bonds is 4. The van der Waals surface area contributed by atoms with Crippen molar-refractivity contribution in [3.05, 3.63) is 53.3 Å². The molecule has 1 fully saturated rings. The molecule has 0 N–H and O–H groups in total. The first-order chi connectivity index (χ1) is 14.8. The lowest BCUT2D eigenvalue weighted by Gasteiger charge is -2.39. The Morgan fingerprint density at radius 1 is 1.10 bits per heavy atom. The summed E-state index contributed by atoms with van der Waals surface area (Å²) in [5.41, 5.74) is 0.119. The molecule has 2 heterocycles. The summed E-state index contributed by atoms with van der Waals surface area (Å²) < 4.78 is 19.8. The van der Waals surface area contributed by atoms with Gasteiger partial charge in [0.15, 0.2) is 5.60 Å². The molecule has 0 aliphatic carbocycles. The highest BCUT2D eigenvalue weighted by atomic mass is 35.5. The highest BCUT2D eigenvalue weighted by Crippen LogP contribution is 2.39. The van der Waals surface area contributed by atoms with Crippen LogP contribution in [0.1, 0.15) is 20.3 Å². The summed E-state index contributed by atoms with van der Waals surface area (Å²) in [5.74, 6) is 0.0706. The molecular weight excluding hydrogens is 421 g/mol. The molecule has 0 spiro atoms. The fraction of sp³-hybridized carbons (Fsp3) is 0.391. The number of fused-ring (bicyclic) bond motifs is 1. The molecule has 6 nitrogen and oxygen atoms in total. The van der Waals surface area contributed by atoms with Crippen LogP contribution >= 0.6 is 11.6 Å². The number of amides is 2. The van der Waals surface area contributed by atoms with Gasteiger partial charge in [-0.3, -0.25) is 9.59 Å². The highest BCUT2D eigenvalue weighted by molar-refractivity contribution is 6.31. The number of ether oxygens (including phenoxy) is 1. The highest BCUT2D eigenvalue weighted by Gasteiger charge is 2.41. The van der Waals surface area contributed by atoms with Crippen LogP contribution in [0, 0.1) is 5.82 Å². The first kappa shape index (κ1) is 21.4. The van der Waals surface area contributed by atoms with Crippen LogP contribution in [-0.2, 0) is 9.59 Å². The van der Waals surface area contributed by atoms with E-state index in [1.165, 1.54) is 6.07 Å². The smallest absolute Gasteiger partial charge is 0.270 e. The number of carbonyl (C=O) groups excluding carboxylic acids is 2. The molecule has 0 unspecified atom stereocenters. The Kier molecular flexibility index (Phi) is 5.79. The minimum atomic E-state index is -1.02. The van der Waals surface area contributed by atoms with Crippen molar-refractivity contribution in [2.24, 2.45) is 0 Å². The standard InChI is InChI=1S/C23H25ClFN3O3/c1-23(2)22(30)28(19-15-16(24)7-8-20(19)31-23)10-9-21(29)27-13-11-26(12-14-27)18-6-4-3-5-17(18)25/h3-8,15H,9-14H2,1-2H3. The summed E-state index contributed by atoms with van der Waals surface area (Å²) in [4.78, 5) is 31.1. The fourth-order valence-electron chi connectivity index (χ4n) is 4.03. The third-order valence-electron chi connectivity index (χ3n) is 5.71. The first-order valence-electron chi connectivity index (χ1n) is 10.3. The molecule has 8 heteroatoms. The monoisotopic (exact) mass is 445 g/mol. The van der Waals surface area contributed by atoms with Crippen molar-refractivity contribution in [3.63, 3.8) is 0 Å². The van der Waals surface area contributed by atoms with Crippen molar-refractivity contribution in [1.29, 1.82) is 0 Å². The maximum atomic E-state index is 14.0. The van der Waals surface area contributed by atoms with Crippen molar-refractivity contribution >= 4 is 34.8 Å². The van der Waals surface area contributed by atoms with Gasteiger partial charge in [0.1, 0.15) is 11.6 Å². The van der Waals surface area contributed by atoms with E-state index in [4.69, 9.17) is 16.3 Å². The molecule has 0 bridgehead atoms. The molecule has 2 aromatic carbocycles. The summed E-state index contributed by atoms with van der Waals surface area (Å²) in [6.07, 6.45) is 0.188. The molecule has 2 amide bonds. The predicted octanol–water partition coefficient (Wildman–Crippen LogP) is 3.72. The van der Waals surface area contributed by atoms with Gasteiger partial charge in [-0.1, -0.05) is 23.7 Å². The normalized spacial score (nSPS) is 17.9. The average Bonchev–Trinajstić information content (AvgIpc) is 2.75. The minimum Gasteiger partial charge on any atom is -0.476 e. The molecule has 1 saturated heterocycles. The van der Waals surface area contributed by atoms with E-state index in [1.807, 2.05) is 4.90 Å². The zero-order valence-corrected chi connectivity index (χ0v) is 18.4. The number of hydrogen-bond donors (Lipinski definition) is 0. The second-order valence-corrected chi connectivity index (χ2v) is 8.69. The quantitative estimate of drug-likeness (QED) is 0.719. The van der Waals surface area contributed by atoms with Gasteiger partial charge in [-0.2, -0.15) is 0 Å². The van der Waals surface area contributed by atoms with Crippen LogP contribution < -0.4 is 14.5 Å². The van der Waals surface area contributed by atoms with E-state index in [0.717, 1.165) is 0 Å². The number of carbonyl (C=O) groups is 2. The van der Waals surface area contributed by atoms with E-state index in [-0.39, 0.29) is 30.6 Å². The van der Waals surface area contributed by atoms with Crippen LogP contribution in [0.15, 0.2) is 42.5 Å². The van der Waals surface area contributed by atoms with Crippen molar-refractivity contribution in [2.75, 3.05) is 42.5 Å². The Balaban J connectivity index is 1.39. The molecule has 0 aromatic heterocycles. The molecule has 2 aliphatic rings. The SMILES string of the molecule is CC1(C)Oc2ccc(Cl)cc2N(CCC(=O)N2CCN(c3ccccc3F)CC2)C1=O. The number of piperazine rings is 1. The topological polar surface area (TPSA) is 53.1 Å². The Labute approximate surface area is 186 Å². The second-order valence-electron chi connectivity index (χ2n) is 8.25. The van der Waals surface area contributed by atoms with E-state index < -0.39 is 5.60 Å². The zero-order chi connectivity index (χ0) is 22.2. The van der Waals surface area contributed by atoms with Gasteiger partial charge in [-0.15, -0.1) is 0 Å². The summed E-state index contributed by atoms with van der Waals surface area (Å²) in [6.45, 7) is 5.82. The summed E-state index contributed by atoms with van der Waals surface area (Å²) in [5, 5.41) is 0.496. The van der Waals surface area contributed by atoms with E-state index in [0.29, 0.717) is 48.3 Å². The molecule has 0 saturated carbocycles. The Morgan fingerprint density at radius 3 is 2.52 bits per heavy atom. The summed E-state index contributed by atoms with van der Waals surface area (Å²) in [6, 6.07) is 11.8. The van der Waals surface area contributed by atoms with Crippen LogP contribution in [0.25, 0.3) is 0 Å². The number of para-hydroxylation sites is 1. The molecule has 164 valence electrons. The van der Waals surface area contributed by atoms with Gasteiger partial charge in [0.05, 0.1) is 11.4 Å². The van der Waals surface area contributed by atoms with E-state index in [9.17, 15) is 14.0 Å². The van der Waals surface area contributed by atoms with Gasteiger partial charge in [-0.05, 0) is 44.2 Å². The van der Waals surface area contributed by atoms with Gasteiger partial charge in [0, 0.05) is 44.2 Å². The van der Waals surface area contributed by atoms with Crippen molar-refractivity contribution in [1.82, 2.24) is 4.90 Å². The van der Waals surface area contributed by atoms with E-state index in [1.54, 1.807) is 60.0 Å². The second kappa shape index (κ2) is 8.38.